The predicted octanol–water partition coefficient (Wildman–Crippen LogP) is 0.782. The Morgan fingerprint density at radius 2 is 2.05 bits per heavy atom. The van der Waals surface area contributed by atoms with E-state index in [1.165, 1.54) is 11.6 Å². The van der Waals surface area contributed by atoms with E-state index in [0.717, 1.165) is 5.56 Å². The first-order valence-corrected chi connectivity index (χ1v) is 6.51. The van der Waals surface area contributed by atoms with E-state index < -0.39 is 11.9 Å². The maximum Gasteiger partial charge on any atom is 0.308 e. The first-order valence-electron chi connectivity index (χ1n) is 6.51. The highest BCUT2D eigenvalue weighted by atomic mass is 16.4. The molecular weight excluding hydrogens is 272 g/mol. The number of nitrogens with one attached hydrogen (secondary N) is 1. The fourth-order valence-electron chi connectivity index (χ4n) is 1.67. The van der Waals surface area contributed by atoms with Gasteiger partial charge in [-0.15, -0.1) is 5.10 Å². The van der Waals surface area contributed by atoms with Crippen molar-refractivity contribution in [3.05, 3.63) is 36.5 Å². The minimum absolute atomic E-state index is 0.00612. The summed E-state index contributed by atoms with van der Waals surface area (Å²) in [6.07, 6.45) is 1.68. The Labute approximate surface area is 121 Å². The Bertz CT molecular complexity index is 624. The molecule has 0 spiro atoms. The molecule has 0 saturated heterocycles. The van der Waals surface area contributed by atoms with Crippen LogP contribution >= 0.6 is 0 Å². The van der Waals surface area contributed by atoms with Gasteiger partial charge in [0.25, 0.3) is 0 Å². The lowest BCUT2D eigenvalue weighted by Crippen LogP contribution is -2.33. The third-order valence-corrected chi connectivity index (χ3v) is 2.94. The van der Waals surface area contributed by atoms with Gasteiger partial charge >= 0.3 is 5.97 Å². The predicted molar refractivity (Wildman–Crippen MR) is 75.3 cm³/mol. The van der Waals surface area contributed by atoms with Gasteiger partial charge in [-0.1, -0.05) is 42.5 Å². The van der Waals surface area contributed by atoms with Crippen LogP contribution in [0.4, 0.5) is 0 Å². The van der Waals surface area contributed by atoms with Crippen LogP contribution in [0.1, 0.15) is 6.92 Å². The maximum absolute atomic E-state index is 11.7. The third-order valence-electron chi connectivity index (χ3n) is 2.94. The summed E-state index contributed by atoms with van der Waals surface area (Å²) < 4.78 is 1.42. The molecule has 2 aromatic rings. The summed E-state index contributed by atoms with van der Waals surface area (Å²) in [7, 11) is 0. The highest BCUT2D eigenvalue weighted by Gasteiger charge is 2.13. The number of hydrogen-bond acceptors (Lipinski definition) is 4. The summed E-state index contributed by atoms with van der Waals surface area (Å²) in [5.74, 6) is -1.86. The van der Waals surface area contributed by atoms with E-state index in [4.69, 9.17) is 5.11 Å². The number of carbonyl (C=O) groups is 2. The van der Waals surface area contributed by atoms with Crippen molar-refractivity contribution in [3.63, 3.8) is 0 Å². The van der Waals surface area contributed by atoms with Gasteiger partial charge in [0.15, 0.2) is 0 Å². The molecule has 0 aliphatic rings. The number of nitrogens with zero attached hydrogens (tertiary/aromatic N) is 3. The smallest absolute Gasteiger partial charge is 0.308 e. The molecule has 0 radical (unpaired) electrons. The van der Waals surface area contributed by atoms with Gasteiger partial charge in [0, 0.05) is 12.1 Å². The molecule has 110 valence electrons. The second-order valence-electron chi connectivity index (χ2n) is 4.71. The molecule has 1 heterocycles. The second kappa shape index (κ2) is 6.65. The van der Waals surface area contributed by atoms with Crippen LogP contribution < -0.4 is 5.32 Å². The molecule has 0 saturated carbocycles. The van der Waals surface area contributed by atoms with Crippen LogP contribution in [0.3, 0.4) is 0 Å². The molecule has 0 aliphatic heterocycles. The quantitative estimate of drug-likeness (QED) is 0.818. The Hall–Kier alpha value is -2.70. The Balaban J connectivity index is 1.91. The normalized spacial score (nSPS) is 11.9. The van der Waals surface area contributed by atoms with Crippen LogP contribution in [-0.2, 0) is 16.1 Å². The average Bonchev–Trinajstić information content (AvgIpc) is 2.94. The summed E-state index contributed by atoms with van der Waals surface area (Å²) in [6.45, 7) is 1.63. The summed E-state index contributed by atoms with van der Waals surface area (Å²) in [6, 6.07) is 9.51. The van der Waals surface area contributed by atoms with Crippen molar-refractivity contribution < 1.29 is 14.7 Å². The van der Waals surface area contributed by atoms with Crippen molar-refractivity contribution in [1.29, 1.82) is 0 Å². The van der Waals surface area contributed by atoms with Crippen LogP contribution in [0, 0.1) is 5.92 Å². The molecule has 2 N–H and O–H groups in total. The number of rotatable bonds is 6. The number of carboxylic acid groups (broad SMARTS) is 1. The standard InChI is InChI=1S/C14H16N4O3/c1-10(14(20)21)7-15-13(19)9-18-8-12(16-17-18)11-5-3-2-4-6-11/h2-6,8,10H,7,9H2,1H3,(H,15,19)(H,20,21). The van der Waals surface area contributed by atoms with E-state index in [1.807, 2.05) is 30.3 Å². The van der Waals surface area contributed by atoms with E-state index in [-0.39, 0.29) is 19.0 Å². The van der Waals surface area contributed by atoms with Crippen molar-refractivity contribution in [2.75, 3.05) is 6.54 Å². The molecule has 1 atom stereocenters. The lowest BCUT2D eigenvalue weighted by Gasteiger charge is -2.07. The second-order valence-corrected chi connectivity index (χ2v) is 4.71. The highest BCUT2D eigenvalue weighted by molar-refractivity contribution is 5.77. The number of aromatic nitrogens is 3. The lowest BCUT2D eigenvalue weighted by atomic mass is 10.2. The SMILES string of the molecule is CC(CNC(=O)Cn1cc(-c2ccccc2)nn1)C(=O)O. The van der Waals surface area contributed by atoms with Gasteiger partial charge in [-0.2, -0.15) is 0 Å². The number of carboxylic acids is 1. The zero-order valence-corrected chi connectivity index (χ0v) is 11.6. The largest absolute Gasteiger partial charge is 0.481 e. The zero-order valence-electron chi connectivity index (χ0n) is 11.6. The van der Waals surface area contributed by atoms with Crippen LogP contribution in [0.25, 0.3) is 11.3 Å². The van der Waals surface area contributed by atoms with Gasteiger partial charge in [-0.05, 0) is 0 Å². The fourth-order valence-corrected chi connectivity index (χ4v) is 1.67. The highest BCUT2D eigenvalue weighted by Crippen LogP contribution is 2.14. The topological polar surface area (TPSA) is 97.1 Å². The van der Waals surface area contributed by atoms with Crippen LogP contribution in [0.5, 0.6) is 0 Å². The first-order chi connectivity index (χ1) is 10.1. The number of carbonyl (C=O) groups excluding carboxylic acids is 1. The third kappa shape index (κ3) is 4.13. The molecule has 7 heteroatoms. The van der Waals surface area contributed by atoms with Crippen LogP contribution in [0.15, 0.2) is 36.5 Å². The van der Waals surface area contributed by atoms with Gasteiger partial charge in [0.05, 0.1) is 12.1 Å². The number of hydrogen-bond donors (Lipinski definition) is 2. The average molecular weight is 288 g/mol. The molecule has 7 nitrogen and oxygen atoms in total. The summed E-state index contributed by atoms with van der Waals surface area (Å²) in [5.41, 5.74) is 1.60. The van der Waals surface area contributed by atoms with Crippen molar-refractivity contribution in [2.45, 2.75) is 13.5 Å². The van der Waals surface area contributed by atoms with Crippen LogP contribution in [-0.4, -0.2) is 38.5 Å². The van der Waals surface area contributed by atoms with Gasteiger partial charge in [0.1, 0.15) is 12.2 Å². The van der Waals surface area contributed by atoms with Gasteiger partial charge in [0.2, 0.25) is 5.91 Å². The molecule has 21 heavy (non-hydrogen) atoms. The number of amides is 1. The summed E-state index contributed by atoms with van der Waals surface area (Å²) >= 11 is 0. The van der Waals surface area contributed by atoms with Gasteiger partial charge in [-0.3, -0.25) is 9.59 Å². The molecule has 1 unspecified atom stereocenters. The first kappa shape index (κ1) is 14.7. The van der Waals surface area contributed by atoms with E-state index in [2.05, 4.69) is 15.6 Å². The minimum Gasteiger partial charge on any atom is -0.481 e. The Morgan fingerprint density at radius 1 is 1.33 bits per heavy atom. The molecule has 1 aromatic carbocycles. The molecular formula is C14H16N4O3. The molecule has 0 bridgehead atoms. The lowest BCUT2D eigenvalue weighted by molar-refractivity contribution is -0.141. The fraction of sp³-hybridized carbons (Fsp3) is 0.286. The van der Waals surface area contributed by atoms with Gasteiger partial charge < -0.3 is 10.4 Å². The Morgan fingerprint density at radius 3 is 2.71 bits per heavy atom. The van der Waals surface area contributed by atoms with E-state index in [0.29, 0.717) is 5.69 Å². The maximum atomic E-state index is 11.7. The van der Waals surface area contributed by atoms with Crippen LogP contribution in [0.2, 0.25) is 0 Å². The Kier molecular flexibility index (Phi) is 4.65. The molecule has 0 aliphatic carbocycles. The van der Waals surface area contributed by atoms with E-state index >= 15 is 0 Å². The monoisotopic (exact) mass is 288 g/mol. The molecule has 0 fully saturated rings. The molecule has 1 aromatic heterocycles. The van der Waals surface area contributed by atoms with Gasteiger partial charge in [-0.25, -0.2) is 4.68 Å². The van der Waals surface area contributed by atoms with Crippen molar-refractivity contribution in [1.82, 2.24) is 20.3 Å². The summed E-state index contributed by atoms with van der Waals surface area (Å²) in [4.78, 5) is 22.3. The molecule has 1 amide bonds. The van der Waals surface area contributed by atoms with Crippen molar-refractivity contribution >= 4 is 11.9 Å². The van der Waals surface area contributed by atoms with E-state index in [9.17, 15) is 9.59 Å². The molecule has 2 rings (SSSR count). The number of benzene rings is 1. The zero-order chi connectivity index (χ0) is 15.2. The van der Waals surface area contributed by atoms with E-state index in [1.54, 1.807) is 6.20 Å². The summed E-state index contributed by atoms with van der Waals surface area (Å²) in [5, 5.41) is 19.2. The van der Waals surface area contributed by atoms with Crippen molar-refractivity contribution in [2.24, 2.45) is 5.92 Å². The minimum atomic E-state index is -0.942. The number of aliphatic carboxylic acids is 1. The van der Waals surface area contributed by atoms with Crippen molar-refractivity contribution in [3.8, 4) is 11.3 Å².